The van der Waals surface area contributed by atoms with Crippen molar-refractivity contribution in [2.24, 2.45) is 0 Å². The second-order valence-corrected chi connectivity index (χ2v) is 8.12. The van der Waals surface area contributed by atoms with Crippen molar-refractivity contribution < 1.29 is 9.53 Å². The number of nitrogens with zero attached hydrogens (tertiary/aromatic N) is 2. The van der Waals surface area contributed by atoms with Crippen molar-refractivity contribution in [2.75, 3.05) is 19.8 Å². The third-order valence-corrected chi connectivity index (χ3v) is 6.32. The first-order valence-electron chi connectivity index (χ1n) is 9.83. The van der Waals surface area contributed by atoms with Crippen molar-refractivity contribution in [2.45, 2.75) is 50.0 Å². The molecule has 144 valence electrons. The molecule has 1 aliphatic heterocycles. The lowest BCUT2D eigenvalue weighted by molar-refractivity contribution is 0.0486. The Balaban J connectivity index is 1.50. The van der Waals surface area contributed by atoms with E-state index in [1.807, 2.05) is 22.9 Å². The van der Waals surface area contributed by atoms with Gasteiger partial charge in [0.25, 0.3) is 5.91 Å². The summed E-state index contributed by atoms with van der Waals surface area (Å²) in [6, 6.07) is 10.2. The molecule has 4 rings (SSSR count). The topological polar surface area (TPSA) is 56.1 Å². The van der Waals surface area contributed by atoms with E-state index in [1.165, 1.54) is 18.4 Å². The Morgan fingerprint density at radius 1 is 1.19 bits per heavy atom. The molecule has 0 radical (unpaired) electrons. The van der Waals surface area contributed by atoms with Gasteiger partial charge in [-0.3, -0.25) is 9.48 Å². The Labute approximate surface area is 165 Å². The van der Waals surface area contributed by atoms with Crippen LogP contribution in [0.1, 0.15) is 60.6 Å². The molecule has 6 heteroatoms. The van der Waals surface area contributed by atoms with Gasteiger partial charge in [0.2, 0.25) is 0 Å². The van der Waals surface area contributed by atoms with Crippen LogP contribution in [0.15, 0.2) is 36.5 Å². The van der Waals surface area contributed by atoms with Crippen molar-refractivity contribution in [1.29, 1.82) is 0 Å². The number of rotatable bonds is 5. The SMILES string of the molecule is O=C(NCC1(c2ccc(Cl)cc2)CCOCC1)c1ccnn1C1CCCC1. The summed E-state index contributed by atoms with van der Waals surface area (Å²) < 4.78 is 7.50. The average molecular weight is 388 g/mol. The molecule has 2 aliphatic rings. The van der Waals surface area contributed by atoms with Crippen molar-refractivity contribution in [1.82, 2.24) is 15.1 Å². The number of amides is 1. The third-order valence-electron chi connectivity index (χ3n) is 6.07. The molecule has 1 aromatic carbocycles. The molecule has 1 saturated heterocycles. The minimum atomic E-state index is -0.114. The van der Waals surface area contributed by atoms with Crippen LogP contribution in [0.2, 0.25) is 5.02 Å². The predicted octanol–water partition coefficient (Wildman–Crippen LogP) is 4.13. The second kappa shape index (κ2) is 8.03. The standard InChI is InChI=1S/C21H26ClN3O2/c22-17-7-5-16(6-8-17)21(10-13-27-14-11-21)15-23-20(26)19-9-12-24-25(19)18-3-1-2-4-18/h5-9,12,18H,1-4,10-11,13-15H2,(H,23,26). The van der Waals surface area contributed by atoms with Crippen molar-refractivity contribution in [3.8, 4) is 0 Å². The van der Waals surface area contributed by atoms with Crippen LogP contribution < -0.4 is 5.32 Å². The highest BCUT2D eigenvalue weighted by Gasteiger charge is 2.35. The minimum Gasteiger partial charge on any atom is -0.381 e. The maximum atomic E-state index is 12.9. The Morgan fingerprint density at radius 3 is 2.59 bits per heavy atom. The van der Waals surface area contributed by atoms with E-state index < -0.39 is 0 Å². The maximum absolute atomic E-state index is 12.9. The molecule has 1 saturated carbocycles. The van der Waals surface area contributed by atoms with E-state index in [2.05, 4.69) is 22.5 Å². The summed E-state index contributed by atoms with van der Waals surface area (Å²) in [4.78, 5) is 12.9. The number of aromatic nitrogens is 2. The zero-order valence-corrected chi connectivity index (χ0v) is 16.3. The van der Waals surface area contributed by atoms with E-state index in [0.717, 1.165) is 30.7 Å². The highest BCUT2D eigenvalue weighted by atomic mass is 35.5. The molecule has 1 aromatic heterocycles. The summed E-state index contributed by atoms with van der Waals surface area (Å²) in [6.45, 7) is 2.00. The summed E-state index contributed by atoms with van der Waals surface area (Å²) in [5.41, 5.74) is 1.76. The summed E-state index contributed by atoms with van der Waals surface area (Å²) in [6.07, 6.45) is 8.14. The molecule has 0 spiro atoms. The number of hydrogen-bond donors (Lipinski definition) is 1. The van der Waals surface area contributed by atoms with Gasteiger partial charge in [0.15, 0.2) is 0 Å². The van der Waals surface area contributed by atoms with Gasteiger partial charge in [-0.25, -0.2) is 0 Å². The van der Waals surface area contributed by atoms with Crippen molar-refractivity contribution >= 4 is 17.5 Å². The largest absolute Gasteiger partial charge is 0.381 e. The molecule has 0 unspecified atom stereocenters. The highest BCUT2D eigenvalue weighted by molar-refractivity contribution is 6.30. The smallest absolute Gasteiger partial charge is 0.269 e. The van der Waals surface area contributed by atoms with Gasteiger partial charge >= 0.3 is 0 Å². The first-order chi connectivity index (χ1) is 13.2. The van der Waals surface area contributed by atoms with Gasteiger partial charge in [0.1, 0.15) is 5.69 Å². The molecular weight excluding hydrogens is 362 g/mol. The molecule has 27 heavy (non-hydrogen) atoms. The van der Waals surface area contributed by atoms with Gasteiger partial charge < -0.3 is 10.1 Å². The average Bonchev–Trinajstić information content (AvgIpc) is 3.38. The van der Waals surface area contributed by atoms with Gasteiger partial charge in [-0.2, -0.15) is 5.10 Å². The molecule has 1 aliphatic carbocycles. The second-order valence-electron chi connectivity index (χ2n) is 7.68. The Morgan fingerprint density at radius 2 is 1.89 bits per heavy atom. The van der Waals surface area contributed by atoms with Crippen LogP contribution in [-0.4, -0.2) is 35.4 Å². The van der Waals surface area contributed by atoms with Crippen LogP contribution in [0.25, 0.3) is 0 Å². The molecule has 2 heterocycles. The fourth-order valence-corrected chi connectivity index (χ4v) is 4.53. The number of hydrogen-bond acceptors (Lipinski definition) is 3. The van der Waals surface area contributed by atoms with Gasteiger partial charge in [-0.15, -0.1) is 0 Å². The number of ether oxygens (including phenoxy) is 1. The van der Waals surface area contributed by atoms with Crippen molar-refractivity contribution in [3.05, 3.63) is 52.8 Å². The van der Waals surface area contributed by atoms with Crippen LogP contribution in [0.5, 0.6) is 0 Å². The minimum absolute atomic E-state index is 0.0424. The van der Waals surface area contributed by atoms with Crippen LogP contribution in [0, 0.1) is 0 Å². The van der Waals surface area contributed by atoms with E-state index in [9.17, 15) is 4.79 Å². The Kier molecular flexibility index (Phi) is 5.50. The summed E-state index contributed by atoms with van der Waals surface area (Å²) >= 11 is 6.07. The lowest BCUT2D eigenvalue weighted by Gasteiger charge is -2.38. The van der Waals surface area contributed by atoms with Gasteiger partial charge in [0.05, 0.1) is 6.04 Å². The summed E-state index contributed by atoms with van der Waals surface area (Å²) in [5.74, 6) is -0.0424. The molecule has 2 fully saturated rings. The van der Waals surface area contributed by atoms with Crippen LogP contribution >= 0.6 is 11.6 Å². The number of halogens is 1. The molecule has 1 N–H and O–H groups in total. The Bertz CT molecular complexity index is 775. The van der Waals surface area contributed by atoms with Gasteiger partial charge in [0, 0.05) is 36.4 Å². The lowest BCUT2D eigenvalue weighted by atomic mass is 9.74. The number of benzene rings is 1. The van der Waals surface area contributed by atoms with E-state index in [4.69, 9.17) is 16.3 Å². The van der Waals surface area contributed by atoms with Crippen LogP contribution in [0.4, 0.5) is 0 Å². The molecule has 5 nitrogen and oxygen atoms in total. The molecule has 1 amide bonds. The first kappa shape index (κ1) is 18.5. The monoisotopic (exact) mass is 387 g/mol. The summed E-state index contributed by atoms with van der Waals surface area (Å²) in [7, 11) is 0. The van der Waals surface area contributed by atoms with Crippen molar-refractivity contribution in [3.63, 3.8) is 0 Å². The quantitative estimate of drug-likeness (QED) is 0.839. The van der Waals surface area contributed by atoms with E-state index in [0.29, 0.717) is 31.5 Å². The maximum Gasteiger partial charge on any atom is 0.269 e. The summed E-state index contributed by atoms with van der Waals surface area (Å²) in [5, 5.41) is 8.33. The van der Waals surface area contributed by atoms with Gasteiger partial charge in [-0.05, 0) is 49.4 Å². The first-order valence-corrected chi connectivity index (χ1v) is 10.2. The molecule has 0 atom stereocenters. The lowest BCUT2D eigenvalue weighted by Crippen LogP contribution is -2.45. The number of carbonyl (C=O) groups excluding carboxylic acids is 1. The number of carbonyl (C=O) groups is 1. The molecular formula is C21H26ClN3O2. The predicted molar refractivity (Wildman–Crippen MR) is 105 cm³/mol. The third kappa shape index (κ3) is 3.90. The normalized spacial score (nSPS) is 19.9. The zero-order valence-electron chi connectivity index (χ0n) is 15.5. The van der Waals surface area contributed by atoms with Gasteiger partial charge in [-0.1, -0.05) is 36.6 Å². The van der Waals surface area contributed by atoms with Crippen LogP contribution in [0.3, 0.4) is 0 Å². The van der Waals surface area contributed by atoms with E-state index in [-0.39, 0.29) is 11.3 Å². The Hall–Kier alpha value is -1.85. The molecule has 0 bridgehead atoms. The molecule has 2 aromatic rings. The number of nitrogens with one attached hydrogen (secondary N) is 1. The zero-order chi connectivity index (χ0) is 18.7. The highest BCUT2D eigenvalue weighted by Crippen LogP contribution is 2.35. The fraction of sp³-hybridized carbons (Fsp3) is 0.524. The van der Waals surface area contributed by atoms with E-state index in [1.54, 1.807) is 6.20 Å². The fourth-order valence-electron chi connectivity index (χ4n) is 4.41. The van der Waals surface area contributed by atoms with Crippen LogP contribution in [-0.2, 0) is 10.2 Å². The van der Waals surface area contributed by atoms with E-state index >= 15 is 0 Å².